The number of aliphatic hydroxyl groups excluding tert-OH is 1. The zero-order valence-corrected chi connectivity index (χ0v) is 20.9. The topological polar surface area (TPSA) is 47.9 Å². The third-order valence-corrected chi connectivity index (χ3v) is 13.5. The van der Waals surface area contributed by atoms with Gasteiger partial charge in [0.15, 0.2) is 14.1 Å². The smallest absolute Gasteiger partial charge is 0.194 e. The molecular formula is C25H42O4Si. The molecule has 0 radical (unpaired) electrons. The molecule has 1 spiro atoms. The van der Waals surface area contributed by atoms with Gasteiger partial charge in [-0.2, -0.15) is 0 Å². The first-order valence-corrected chi connectivity index (χ1v) is 15.1. The second kappa shape index (κ2) is 7.88. The second-order valence-electron chi connectivity index (χ2n) is 11.9. The monoisotopic (exact) mass is 434 g/mol. The third-order valence-electron chi connectivity index (χ3n) is 8.92. The van der Waals surface area contributed by atoms with E-state index in [-0.39, 0.29) is 22.8 Å². The Labute approximate surface area is 184 Å². The minimum absolute atomic E-state index is 0.00548. The van der Waals surface area contributed by atoms with E-state index >= 15 is 0 Å². The summed E-state index contributed by atoms with van der Waals surface area (Å²) in [5, 5.41) is 11.0. The molecule has 3 aliphatic carbocycles. The zero-order chi connectivity index (χ0) is 21.8. The fourth-order valence-corrected chi connectivity index (χ4v) is 7.60. The lowest BCUT2D eigenvalue weighted by Crippen LogP contribution is -2.60. The Kier molecular flexibility index (Phi) is 5.99. The molecular weight excluding hydrogens is 392 g/mol. The maximum atomic E-state index is 10.8. The predicted molar refractivity (Wildman–Crippen MR) is 121 cm³/mol. The number of fused-ring (bicyclic) bond motifs is 2. The summed E-state index contributed by atoms with van der Waals surface area (Å²) in [6.45, 7) is 15.2. The Morgan fingerprint density at radius 2 is 1.63 bits per heavy atom. The van der Waals surface area contributed by atoms with E-state index in [9.17, 15) is 5.11 Å². The van der Waals surface area contributed by atoms with E-state index in [4.69, 9.17) is 13.9 Å². The van der Waals surface area contributed by atoms with Gasteiger partial charge < -0.3 is 19.0 Å². The standard InChI is InChI=1S/C25H42O4Si/c1-23(2,3)30(5,6)29-24(4,18-9-7-8-10-18)14-13-19-20-17-25(27-15-16-28-25)21(20)11-12-22(19)26/h18-22,26H,7-12,15-17H2,1-6H3/t19-,20-,21+,22-,24-/m0/s1. The van der Waals surface area contributed by atoms with Crippen LogP contribution in [0.3, 0.4) is 0 Å². The van der Waals surface area contributed by atoms with Crippen molar-refractivity contribution < 1.29 is 19.0 Å². The molecule has 0 aromatic rings. The molecule has 4 fully saturated rings. The van der Waals surface area contributed by atoms with E-state index in [0.717, 1.165) is 19.3 Å². The van der Waals surface area contributed by atoms with Crippen molar-refractivity contribution in [1.82, 2.24) is 0 Å². The SMILES string of the molecule is CC(C)(C)[Si](C)(C)O[C@@](C)(C#C[C@H]1[C@@H]2CC3(OCCO3)[C@@H]2CC[C@@H]1O)C1CCCC1. The minimum atomic E-state index is -1.96. The van der Waals surface area contributed by atoms with Gasteiger partial charge in [0, 0.05) is 18.3 Å². The molecule has 30 heavy (non-hydrogen) atoms. The highest BCUT2D eigenvalue weighted by atomic mass is 28.4. The van der Waals surface area contributed by atoms with Crippen LogP contribution in [-0.2, 0) is 13.9 Å². The first-order valence-electron chi connectivity index (χ1n) is 12.2. The highest BCUT2D eigenvalue weighted by Crippen LogP contribution is 2.58. The fraction of sp³-hybridized carbons (Fsp3) is 0.920. The average molecular weight is 435 g/mol. The van der Waals surface area contributed by atoms with Gasteiger partial charge in [-0.05, 0) is 62.6 Å². The molecule has 4 rings (SSSR count). The van der Waals surface area contributed by atoms with Gasteiger partial charge in [0.2, 0.25) is 0 Å². The van der Waals surface area contributed by atoms with Gasteiger partial charge in [-0.15, -0.1) is 0 Å². The summed E-state index contributed by atoms with van der Waals surface area (Å²) in [6.07, 6.45) is 7.24. The molecule has 4 aliphatic rings. The van der Waals surface area contributed by atoms with Crippen LogP contribution in [0.15, 0.2) is 0 Å². The van der Waals surface area contributed by atoms with Crippen molar-refractivity contribution in [3.8, 4) is 11.8 Å². The van der Waals surface area contributed by atoms with Crippen LogP contribution in [0.4, 0.5) is 0 Å². The Morgan fingerprint density at radius 3 is 2.23 bits per heavy atom. The first kappa shape index (κ1) is 22.8. The van der Waals surface area contributed by atoms with Gasteiger partial charge in [-0.1, -0.05) is 45.5 Å². The van der Waals surface area contributed by atoms with E-state index < -0.39 is 13.9 Å². The van der Waals surface area contributed by atoms with Crippen LogP contribution < -0.4 is 0 Å². The third kappa shape index (κ3) is 3.92. The molecule has 0 aromatic carbocycles. The van der Waals surface area contributed by atoms with Crippen LogP contribution in [0.1, 0.15) is 72.6 Å². The molecule has 0 aromatic heterocycles. The summed E-state index contributed by atoms with van der Waals surface area (Å²) in [5.41, 5.74) is -0.423. The first-order chi connectivity index (χ1) is 14.0. The van der Waals surface area contributed by atoms with E-state index in [1.165, 1.54) is 25.7 Å². The fourth-order valence-electron chi connectivity index (χ4n) is 6.02. The highest BCUT2D eigenvalue weighted by Gasteiger charge is 2.62. The molecule has 0 bridgehead atoms. The number of rotatable bonds is 3. The summed E-state index contributed by atoms with van der Waals surface area (Å²) >= 11 is 0. The molecule has 5 atom stereocenters. The van der Waals surface area contributed by atoms with Crippen LogP contribution in [0.5, 0.6) is 0 Å². The van der Waals surface area contributed by atoms with E-state index in [0.29, 0.717) is 31.0 Å². The summed E-state index contributed by atoms with van der Waals surface area (Å²) < 4.78 is 19.0. The molecule has 1 aliphatic heterocycles. The second-order valence-corrected chi connectivity index (χ2v) is 16.6. The summed E-state index contributed by atoms with van der Waals surface area (Å²) in [4.78, 5) is 0. The van der Waals surface area contributed by atoms with Crippen molar-refractivity contribution in [3.63, 3.8) is 0 Å². The van der Waals surface area contributed by atoms with Crippen molar-refractivity contribution >= 4 is 8.32 Å². The van der Waals surface area contributed by atoms with Gasteiger partial charge in [-0.3, -0.25) is 0 Å². The maximum Gasteiger partial charge on any atom is 0.194 e. The van der Waals surface area contributed by atoms with E-state index in [2.05, 4.69) is 52.6 Å². The van der Waals surface area contributed by atoms with Gasteiger partial charge in [-0.25, -0.2) is 0 Å². The van der Waals surface area contributed by atoms with Gasteiger partial charge in [0.05, 0.1) is 19.3 Å². The predicted octanol–water partition coefficient (Wildman–Crippen LogP) is 5.11. The van der Waals surface area contributed by atoms with Gasteiger partial charge in [0.25, 0.3) is 0 Å². The molecule has 0 unspecified atom stereocenters. The molecule has 1 heterocycles. The van der Waals surface area contributed by atoms with E-state index in [1.54, 1.807) is 0 Å². The van der Waals surface area contributed by atoms with Crippen LogP contribution in [-0.4, -0.2) is 44.1 Å². The molecule has 0 amide bonds. The summed E-state index contributed by atoms with van der Waals surface area (Å²) in [6, 6.07) is 0. The lowest BCUT2D eigenvalue weighted by molar-refractivity contribution is -0.296. The molecule has 1 saturated heterocycles. The molecule has 4 nitrogen and oxygen atoms in total. The molecule has 1 N–H and O–H groups in total. The van der Waals surface area contributed by atoms with Crippen molar-refractivity contribution in [2.45, 2.75) is 108 Å². The van der Waals surface area contributed by atoms with Crippen molar-refractivity contribution in [1.29, 1.82) is 0 Å². The van der Waals surface area contributed by atoms with Crippen LogP contribution in [0.2, 0.25) is 18.1 Å². The Bertz CT molecular complexity index is 690. The summed E-state index contributed by atoms with van der Waals surface area (Å²) in [5.74, 6) is 8.11. The Balaban J connectivity index is 1.57. The number of hydrogen-bond donors (Lipinski definition) is 1. The number of aliphatic hydroxyl groups is 1. The Morgan fingerprint density at radius 1 is 1.00 bits per heavy atom. The van der Waals surface area contributed by atoms with Crippen molar-refractivity contribution in [2.24, 2.45) is 23.7 Å². The largest absolute Gasteiger partial charge is 0.401 e. The van der Waals surface area contributed by atoms with Crippen molar-refractivity contribution in [3.05, 3.63) is 0 Å². The lowest BCUT2D eigenvalue weighted by atomic mass is 9.56. The lowest BCUT2D eigenvalue weighted by Gasteiger charge is -2.56. The number of hydrogen-bond acceptors (Lipinski definition) is 4. The Hall–Kier alpha value is -0.383. The van der Waals surface area contributed by atoms with Gasteiger partial charge in [0.1, 0.15) is 5.60 Å². The molecule has 5 heteroatoms. The molecule has 170 valence electrons. The van der Waals surface area contributed by atoms with E-state index in [1.807, 2.05) is 0 Å². The summed E-state index contributed by atoms with van der Waals surface area (Å²) in [7, 11) is -1.96. The zero-order valence-electron chi connectivity index (χ0n) is 19.9. The van der Waals surface area contributed by atoms with Crippen molar-refractivity contribution in [2.75, 3.05) is 13.2 Å². The highest BCUT2D eigenvalue weighted by molar-refractivity contribution is 6.74. The van der Waals surface area contributed by atoms with Crippen LogP contribution >= 0.6 is 0 Å². The van der Waals surface area contributed by atoms with Crippen LogP contribution in [0, 0.1) is 35.5 Å². The molecule has 3 saturated carbocycles. The number of ether oxygens (including phenoxy) is 2. The maximum absolute atomic E-state index is 10.8. The van der Waals surface area contributed by atoms with Crippen LogP contribution in [0.25, 0.3) is 0 Å². The average Bonchev–Trinajstić information content (AvgIpc) is 3.32. The minimum Gasteiger partial charge on any atom is -0.401 e. The quantitative estimate of drug-likeness (QED) is 0.495. The van der Waals surface area contributed by atoms with Gasteiger partial charge >= 0.3 is 0 Å². The normalized spacial score (nSPS) is 36.0.